The van der Waals surface area contributed by atoms with Crippen molar-refractivity contribution in [3.05, 3.63) is 60.2 Å². The van der Waals surface area contributed by atoms with Gasteiger partial charge in [-0.2, -0.15) is 0 Å². The molecule has 0 unspecified atom stereocenters. The molecule has 0 heterocycles. The van der Waals surface area contributed by atoms with Gasteiger partial charge in [-0.25, -0.2) is 4.79 Å². The van der Waals surface area contributed by atoms with Gasteiger partial charge >= 0.3 is 6.09 Å². The van der Waals surface area contributed by atoms with E-state index >= 15 is 0 Å². The second kappa shape index (κ2) is 15.6. The highest BCUT2D eigenvalue weighted by molar-refractivity contribution is 5.98. The molecule has 38 heavy (non-hydrogen) atoms. The molecule has 11 heteroatoms. The Hall–Kier alpha value is -4.41. The first-order valence-corrected chi connectivity index (χ1v) is 12.4. The molecular weight excluding hydrogens is 486 g/mol. The summed E-state index contributed by atoms with van der Waals surface area (Å²) in [5.41, 5.74) is 12.8. The van der Waals surface area contributed by atoms with E-state index in [1.54, 1.807) is 24.3 Å². The van der Waals surface area contributed by atoms with Crippen molar-refractivity contribution < 1.29 is 19.1 Å². The Bertz CT molecular complexity index is 1080. The van der Waals surface area contributed by atoms with E-state index in [0.717, 1.165) is 5.56 Å². The second-order valence-corrected chi connectivity index (χ2v) is 9.09. The molecule has 0 aliphatic heterocycles. The first-order valence-electron chi connectivity index (χ1n) is 12.4. The third kappa shape index (κ3) is 11.1. The molecular formula is C27H37N7O4. The van der Waals surface area contributed by atoms with Crippen LogP contribution < -0.4 is 27.4 Å². The van der Waals surface area contributed by atoms with Gasteiger partial charge in [-0.3, -0.25) is 19.6 Å². The fraction of sp³-hybridized carbons (Fsp3) is 0.370. The second-order valence-electron chi connectivity index (χ2n) is 9.09. The van der Waals surface area contributed by atoms with Gasteiger partial charge in [-0.15, -0.1) is 0 Å². The Labute approximate surface area is 223 Å². The van der Waals surface area contributed by atoms with Gasteiger partial charge in [-0.1, -0.05) is 44.2 Å². The number of ether oxygens (including phenoxy) is 1. The standard InChI is InChI=1S/C27H37N7O4/c1-18(2)16-23(34-27(37)38-17-19-8-5-4-6-9-19)25(36)33-22(10-7-15-31-26(28)29)24(35)32-21-13-11-20(30-3)12-14-21/h4-6,8-9,11-14,18,22-23H,3,7,10,15-17H2,1-2H3,(H,32,35)(H,33,36)(H,34,37)(H4,28,29,31)/t22-,23-/m0/s1. The summed E-state index contributed by atoms with van der Waals surface area (Å²) in [4.78, 5) is 46.6. The van der Waals surface area contributed by atoms with Gasteiger partial charge in [0.15, 0.2) is 5.96 Å². The zero-order chi connectivity index (χ0) is 27.9. The predicted octanol–water partition coefficient (Wildman–Crippen LogP) is 2.84. The van der Waals surface area contributed by atoms with Crippen molar-refractivity contribution >= 4 is 42.0 Å². The highest BCUT2D eigenvalue weighted by Crippen LogP contribution is 2.16. The number of guanidine groups is 1. The fourth-order valence-electron chi connectivity index (χ4n) is 3.53. The Balaban J connectivity index is 2.08. The lowest BCUT2D eigenvalue weighted by atomic mass is 10.0. The molecule has 0 saturated carbocycles. The number of hydrogen-bond acceptors (Lipinski definition) is 6. The molecule has 0 radical (unpaired) electrons. The van der Waals surface area contributed by atoms with Gasteiger partial charge in [0, 0.05) is 12.2 Å². The first kappa shape index (κ1) is 29.8. The summed E-state index contributed by atoms with van der Waals surface area (Å²) in [6.45, 7) is 7.69. The number of carbonyl (C=O) groups is 3. The largest absolute Gasteiger partial charge is 0.445 e. The maximum atomic E-state index is 13.2. The number of amides is 3. The summed E-state index contributed by atoms with van der Waals surface area (Å²) >= 11 is 0. The van der Waals surface area contributed by atoms with E-state index < -0.39 is 30.0 Å². The number of rotatable bonds is 14. The number of benzene rings is 2. The minimum absolute atomic E-state index is 0.0545. The van der Waals surface area contributed by atoms with Crippen molar-refractivity contribution in [1.82, 2.24) is 10.6 Å². The van der Waals surface area contributed by atoms with Crippen molar-refractivity contribution in [1.29, 1.82) is 0 Å². The Morgan fingerprint density at radius 1 is 0.947 bits per heavy atom. The molecule has 0 bridgehead atoms. The number of nitrogens with two attached hydrogens (primary N) is 2. The maximum Gasteiger partial charge on any atom is 0.408 e. The van der Waals surface area contributed by atoms with Gasteiger partial charge in [0.25, 0.3) is 0 Å². The number of nitrogens with one attached hydrogen (secondary N) is 3. The summed E-state index contributed by atoms with van der Waals surface area (Å²) in [6, 6.07) is 14.2. The van der Waals surface area contributed by atoms with Crippen molar-refractivity contribution in [3.8, 4) is 0 Å². The van der Waals surface area contributed by atoms with E-state index in [1.807, 2.05) is 44.2 Å². The molecule has 3 amide bonds. The van der Waals surface area contributed by atoms with Gasteiger partial charge in [0.05, 0.1) is 5.69 Å². The Morgan fingerprint density at radius 3 is 2.24 bits per heavy atom. The lowest BCUT2D eigenvalue weighted by Gasteiger charge is -2.24. The number of alkyl carbamates (subject to hydrolysis) is 1. The van der Waals surface area contributed by atoms with Crippen molar-refractivity contribution in [2.45, 2.75) is 51.8 Å². The third-order valence-corrected chi connectivity index (χ3v) is 5.42. The van der Waals surface area contributed by atoms with Crippen LogP contribution in [0, 0.1) is 5.92 Å². The minimum atomic E-state index is -0.899. The average molecular weight is 524 g/mol. The van der Waals surface area contributed by atoms with E-state index in [1.165, 1.54) is 0 Å². The molecule has 0 saturated heterocycles. The highest BCUT2D eigenvalue weighted by Gasteiger charge is 2.28. The summed E-state index contributed by atoms with van der Waals surface area (Å²) in [7, 11) is 0. The average Bonchev–Trinajstić information content (AvgIpc) is 2.89. The van der Waals surface area contributed by atoms with Crippen molar-refractivity contribution in [2.75, 3.05) is 11.9 Å². The van der Waals surface area contributed by atoms with Crippen LogP contribution in [0.1, 0.15) is 38.7 Å². The number of nitrogens with zero attached hydrogens (tertiary/aromatic N) is 2. The third-order valence-electron chi connectivity index (χ3n) is 5.42. The van der Waals surface area contributed by atoms with Crippen molar-refractivity contribution in [2.24, 2.45) is 27.4 Å². The van der Waals surface area contributed by atoms with Gasteiger partial charge in [0.2, 0.25) is 11.8 Å². The van der Waals surface area contributed by atoms with E-state index in [0.29, 0.717) is 30.8 Å². The highest BCUT2D eigenvalue weighted by atomic mass is 16.5. The summed E-state index contributed by atoms with van der Waals surface area (Å²) in [6.07, 6.45) is 0.342. The lowest BCUT2D eigenvalue weighted by molar-refractivity contribution is -0.128. The molecule has 0 fully saturated rings. The molecule has 0 spiro atoms. The number of anilines is 1. The predicted molar refractivity (Wildman–Crippen MR) is 149 cm³/mol. The van der Waals surface area contributed by atoms with Crippen LogP contribution >= 0.6 is 0 Å². The summed E-state index contributed by atoms with van der Waals surface area (Å²) in [5, 5.41) is 8.20. The van der Waals surface area contributed by atoms with Crippen LogP contribution in [-0.2, 0) is 20.9 Å². The monoisotopic (exact) mass is 523 g/mol. The van der Waals surface area contributed by atoms with Crippen LogP contribution in [0.15, 0.2) is 64.6 Å². The lowest BCUT2D eigenvalue weighted by Crippen LogP contribution is -2.53. The molecule has 7 N–H and O–H groups in total. The summed E-state index contributed by atoms with van der Waals surface area (Å²) < 4.78 is 5.28. The van der Waals surface area contributed by atoms with Gasteiger partial charge < -0.3 is 32.2 Å². The van der Waals surface area contributed by atoms with Gasteiger partial charge in [0.1, 0.15) is 18.7 Å². The Kier molecular flexibility index (Phi) is 12.3. The maximum absolute atomic E-state index is 13.2. The SMILES string of the molecule is C=Nc1ccc(NC(=O)[C@H](CCCN=C(N)N)NC(=O)[C@H](CC(C)C)NC(=O)OCc2ccccc2)cc1. The van der Waals surface area contributed by atoms with Crippen LogP contribution in [0.2, 0.25) is 0 Å². The molecule has 2 aromatic carbocycles. The molecule has 204 valence electrons. The minimum Gasteiger partial charge on any atom is -0.445 e. The molecule has 0 aliphatic carbocycles. The summed E-state index contributed by atoms with van der Waals surface area (Å²) in [5.74, 6) is -0.881. The topological polar surface area (TPSA) is 173 Å². The number of aliphatic imine (C=N–C) groups is 2. The van der Waals surface area contributed by atoms with Crippen molar-refractivity contribution in [3.63, 3.8) is 0 Å². The van der Waals surface area contributed by atoms with Crippen LogP contribution in [0.25, 0.3) is 0 Å². The van der Waals surface area contributed by atoms with Crippen LogP contribution in [-0.4, -0.2) is 49.2 Å². The fourth-order valence-corrected chi connectivity index (χ4v) is 3.53. The first-order chi connectivity index (χ1) is 18.2. The molecule has 0 aromatic heterocycles. The molecule has 2 atom stereocenters. The van der Waals surface area contributed by atoms with Gasteiger partial charge in [-0.05, 0) is 61.7 Å². The van der Waals surface area contributed by atoms with E-state index in [-0.39, 0.29) is 24.9 Å². The van der Waals surface area contributed by atoms with E-state index in [2.05, 4.69) is 32.7 Å². The number of carbonyl (C=O) groups excluding carboxylic acids is 3. The molecule has 2 aromatic rings. The zero-order valence-corrected chi connectivity index (χ0v) is 21.9. The molecule has 11 nitrogen and oxygen atoms in total. The molecule has 0 aliphatic rings. The zero-order valence-electron chi connectivity index (χ0n) is 21.9. The van der Waals surface area contributed by atoms with E-state index in [4.69, 9.17) is 16.2 Å². The molecule has 2 rings (SSSR count). The number of hydrogen-bond donors (Lipinski definition) is 5. The smallest absolute Gasteiger partial charge is 0.408 e. The van der Waals surface area contributed by atoms with Crippen LogP contribution in [0.5, 0.6) is 0 Å². The van der Waals surface area contributed by atoms with Crippen LogP contribution in [0.4, 0.5) is 16.2 Å². The Morgan fingerprint density at radius 2 is 1.63 bits per heavy atom. The van der Waals surface area contributed by atoms with E-state index in [9.17, 15) is 14.4 Å². The normalized spacial score (nSPS) is 12.1. The van der Waals surface area contributed by atoms with Crippen LogP contribution in [0.3, 0.4) is 0 Å². The quantitative estimate of drug-likeness (QED) is 0.145.